The van der Waals surface area contributed by atoms with E-state index in [1.54, 1.807) is 0 Å². The molecular weight excluding hydrogens is 346 g/mol. The van der Waals surface area contributed by atoms with Crippen LogP contribution in [0.4, 0.5) is 5.82 Å². The number of imidazole rings is 1. The molecule has 5 nitrogen and oxygen atoms in total. The zero-order valence-corrected chi connectivity index (χ0v) is 15.2. The number of rotatable bonds is 4. The quantitative estimate of drug-likeness (QED) is 0.711. The molecule has 1 aromatic carbocycles. The van der Waals surface area contributed by atoms with E-state index in [-0.39, 0.29) is 0 Å². The van der Waals surface area contributed by atoms with Gasteiger partial charge in [-0.05, 0) is 55.9 Å². The van der Waals surface area contributed by atoms with Crippen LogP contribution in [-0.2, 0) is 0 Å². The Morgan fingerprint density at radius 2 is 2.04 bits per heavy atom. The van der Waals surface area contributed by atoms with Gasteiger partial charge in [-0.15, -0.1) is 5.10 Å². The zero-order chi connectivity index (χ0) is 17.9. The number of halogens is 1. The van der Waals surface area contributed by atoms with Crippen LogP contribution in [0.5, 0.6) is 0 Å². The van der Waals surface area contributed by atoms with Gasteiger partial charge in [0.25, 0.3) is 0 Å². The average Bonchev–Trinajstić information content (AvgIpc) is 3.07. The molecule has 0 aliphatic heterocycles. The highest BCUT2D eigenvalue weighted by molar-refractivity contribution is 6.30. The lowest BCUT2D eigenvalue weighted by molar-refractivity contribution is 0.342. The molecule has 0 saturated heterocycles. The monoisotopic (exact) mass is 365 g/mol. The normalized spacial score (nSPS) is 20.0. The summed E-state index contributed by atoms with van der Waals surface area (Å²) in [6.45, 7) is 0. The van der Waals surface area contributed by atoms with E-state index in [0.717, 1.165) is 48.4 Å². The number of nitriles is 1. The van der Waals surface area contributed by atoms with Crippen molar-refractivity contribution in [1.82, 2.24) is 14.6 Å². The highest BCUT2D eigenvalue weighted by Crippen LogP contribution is 2.28. The molecule has 1 saturated carbocycles. The number of hydrogen-bond acceptors (Lipinski definition) is 4. The smallest absolute Gasteiger partial charge is 0.154 e. The molecule has 0 atom stereocenters. The van der Waals surface area contributed by atoms with Gasteiger partial charge in [-0.1, -0.05) is 23.7 Å². The molecule has 0 bridgehead atoms. The predicted octanol–water partition coefficient (Wildman–Crippen LogP) is 4.93. The molecule has 1 aliphatic rings. The first kappa shape index (κ1) is 16.9. The third-order valence-corrected chi connectivity index (χ3v) is 5.30. The maximum Gasteiger partial charge on any atom is 0.154 e. The molecule has 1 aliphatic carbocycles. The number of nitrogens with one attached hydrogen (secondary N) is 1. The molecule has 4 rings (SSSR count). The predicted molar refractivity (Wildman–Crippen MR) is 103 cm³/mol. The molecule has 2 heterocycles. The van der Waals surface area contributed by atoms with Crippen LogP contribution in [0.25, 0.3) is 16.9 Å². The van der Waals surface area contributed by atoms with Gasteiger partial charge in [-0.25, -0.2) is 9.50 Å². The van der Waals surface area contributed by atoms with Crippen LogP contribution in [0.1, 0.15) is 32.1 Å². The van der Waals surface area contributed by atoms with Gasteiger partial charge in [0, 0.05) is 23.0 Å². The molecule has 0 unspecified atom stereocenters. The molecule has 132 valence electrons. The summed E-state index contributed by atoms with van der Waals surface area (Å²) in [6, 6.07) is 14.4. The topological polar surface area (TPSA) is 66.0 Å². The molecule has 1 N–H and O–H groups in total. The Kier molecular flexibility index (Phi) is 4.77. The highest BCUT2D eigenvalue weighted by Gasteiger charge is 2.21. The Morgan fingerprint density at radius 1 is 1.19 bits per heavy atom. The summed E-state index contributed by atoms with van der Waals surface area (Å²) in [4.78, 5) is 4.44. The van der Waals surface area contributed by atoms with Crippen molar-refractivity contribution < 1.29 is 0 Å². The second kappa shape index (κ2) is 7.35. The van der Waals surface area contributed by atoms with E-state index in [4.69, 9.17) is 22.0 Å². The van der Waals surface area contributed by atoms with Crippen LogP contribution in [0.15, 0.2) is 42.6 Å². The lowest BCUT2D eigenvalue weighted by Crippen LogP contribution is -2.26. The fourth-order valence-electron chi connectivity index (χ4n) is 3.64. The minimum atomic E-state index is 0.410. The summed E-state index contributed by atoms with van der Waals surface area (Å²) in [5, 5.41) is 17.8. The van der Waals surface area contributed by atoms with E-state index in [1.807, 2.05) is 47.1 Å². The summed E-state index contributed by atoms with van der Waals surface area (Å²) in [6.07, 6.45) is 6.87. The molecule has 2 aromatic heterocycles. The third-order valence-electron chi connectivity index (χ3n) is 5.06. The van der Waals surface area contributed by atoms with E-state index < -0.39 is 0 Å². The Bertz CT molecular complexity index is 950. The van der Waals surface area contributed by atoms with Crippen LogP contribution < -0.4 is 5.32 Å². The second-order valence-corrected chi connectivity index (χ2v) is 7.30. The zero-order valence-electron chi connectivity index (χ0n) is 14.4. The molecule has 1 fully saturated rings. The first-order valence-electron chi connectivity index (χ1n) is 8.97. The number of hydrogen-bond donors (Lipinski definition) is 1. The molecular formula is C20H20ClN5. The molecule has 26 heavy (non-hydrogen) atoms. The minimum absolute atomic E-state index is 0.410. The summed E-state index contributed by atoms with van der Waals surface area (Å²) in [5.74, 6) is 1.40. The van der Waals surface area contributed by atoms with Gasteiger partial charge in [0.2, 0.25) is 0 Å². The Morgan fingerprint density at radius 3 is 2.81 bits per heavy atom. The lowest BCUT2D eigenvalue weighted by atomic mass is 9.84. The maximum absolute atomic E-state index is 8.84. The molecule has 6 heteroatoms. The summed E-state index contributed by atoms with van der Waals surface area (Å²) in [7, 11) is 0. The summed E-state index contributed by atoms with van der Waals surface area (Å²) < 4.78 is 1.86. The Balaban J connectivity index is 1.54. The second-order valence-electron chi connectivity index (χ2n) is 6.87. The van der Waals surface area contributed by atoms with Crippen molar-refractivity contribution in [2.45, 2.75) is 38.1 Å². The highest BCUT2D eigenvalue weighted by atomic mass is 35.5. The number of nitrogens with zero attached hydrogens (tertiary/aromatic N) is 4. The van der Waals surface area contributed by atoms with Gasteiger partial charge in [0.05, 0.1) is 18.0 Å². The Hall–Kier alpha value is -2.58. The average molecular weight is 366 g/mol. The van der Waals surface area contributed by atoms with Gasteiger partial charge in [-0.3, -0.25) is 0 Å². The van der Waals surface area contributed by atoms with Crippen molar-refractivity contribution in [3.63, 3.8) is 0 Å². The van der Waals surface area contributed by atoms with Crippen molar-refractivity contribution in [1.29, 1.82) is 5.26 Å². The number of fused-ring (bicyclic) bond motifs is 1. The van der Waals surface area contributed by atoms with Gasteiger partial charge < -0.3 is 5.32 Å². The van der Waals surface area contributed by atoms with Gasteiger partial charge in [-0.2, -0.15) is 5.26 Å². The van der Waals surface area contributed by atoms with Crippen molar-refractivity contribution in [2.24, 2.45) is 5.92 Å². The SMILES string of the molecule is N#CC[C@H]1CC[C@H](Nc2ccc3ncc(-c4cccc(Cl)c4)n3n2)CC1. The van der Waals surface area contributed by atoms with Gasteiger partial charge in [0.15, 0.2) is 5.65 Å². The summed E-state index contributed by atoms with van der Waals surface area (Å²) >= 11 is 6.12. The van der Waals surface area contributed by atoms with Crippen molar-refractivity contribution in [3.05, 3.63) is 47.6 Å². The molecule has 0 spiro atoms. The number of anilines is 1. The fraction of sp³-hybridized carbons (Fsp3) is 0.350. The van der Waals surface area contributed by atoms with Crippen LogP contribution in [0, 0.1) is 17.2 Å². The van der Waals surface area contributed by atoms with E-state index in [2.05, 4.69) is 16.4 Å². The Labute approximate surface area is 157 Å². The first-order valence-corrected chi connectivity index (χ1v) is 9.35. The van der Waals surface area contributed by atoms with Crippen LogP contribution in [0.3, 0.4) is 0 Å². The van der Waals surface area contributed by atoms with E-state index in [9.17, 15) is 0 Å². The van der Waals surface area contributed by atoms with Crippen LogP contribution in [0.2, 0.25) is 5.02 Å². The van der Waals surface area contributed by atoms with Gasteiger partial charge in [0.1, 0.15) is 5.82 Å². The standard InChI is InChI=1S/C20H20ClN5/c21-16-3-1-2-15(12-16)18-13-23-20-9-8-19(25-26(18)20)24-17-6-4-14(5-7-17)10-11-22/h1-3,8-9,12-14,17H,4-7,10H2,(H,24,25)/t14-,17-. The van der Waals surface area contributed by atoms with Crippen LogP contribution in [-0.4, -0.2) is 20.6 Å². The van der Waals surface area contributed by atoms with Crippen LogP contribution >= 0.6 is 11.6 Å². The van der Waals surface area contributed by atoms with Gasteiger partial charge >= 0.3 is 0 Å². The van der Waals surface area contributed by atoms with Crippen molar-refractivity contribution in [3.8, 4) is 17.3 Å². The number of benzene rings is 1. The first-order chi connectivity index (χ1) is 12.7. The fourth-order valence-corrected chi connectivity index (χ4v) is 3.83. The maximum atomic E-state index is 8.84. The number of aromatic nitrogens is 3. The molecule has 3 aromatic rings. The van der Waals surface area contributed by atoms with Crippen molar-refractivity contribution in [2.75, 3.05) is 5.32 Å². The van der Waals surface area contributed by atoms with Crippen molar-refractivity contribution >= 4 is 23.1 Å². The van der Waals surface area contributed by atoms with E-state index in [1.165, 1.54) is 0 Å². The molecule has 0 amide bonds. The summed E-state index contributed by atoms with van der Waals surface area (Å²) in [5.41, 5.74) is 2.72. The minimum Gasteiger partial charge on any atom is -0.366 e. The molecule has 0 radical (unpaired) electrons. The largest absolute Gasteiger partial charge is 0.366 e. The lowest BCUT2D eigenvalue weighted by Gasteiger charge is -2.28. The van der Waals surface area contributed by atoms with E-state index in [0.29, 0.717) is 23.4 Å². The van der Waals surface area contributed by atoms with E-state index >= 15 is 0 Å². The third kappa shape index (κ3) is 3.51.